The molecule has 3 aromatic rings. The molecule has 0 radical (unpaired) electrons. The molecule has 0 spiro atoms. The molecule has 0 bridgehead atoms. The number of thiazole rings is 1. The third kappa shape index (κ3) is 4.36. The highest BCUT2D eigenvalue weighted by atomic mass is 32.1. The van der Waals surface area contributed by atoms with Crippen molar-refractivity contribution in [3.05, 3.63) is 46.5 Å². The van der Waals surface area contributed by atoms with E-state index in [2.05, 4.69) is 15.3 Å². The predicted octanol–water partition coefficient (Wildman–Crippen LogP) is 2.30. The van der Waals surface area contributed by atoms with E-state index in [1.54, 1.807) is 13.8 Å². The van der Waals surface area contributed by atoms with Crippen LogP contribution < -0.4 is 10.2 Å². The molecule has 2 amide bonds. The first-order valence-corrected chi connectivity index (χ1v) is 10.7. The number of aliphatic hydroxyl groups is 2. The quantitative estimate of drug-likeness (QED) is 0.534. The number of fused-ring (bicyclic) bond motifs is 1. The number of aromatic nitrogens is 2. The summed E-state index contributed by atoms with van der Waals surface area (Å²) in [7, 11) is 0. The predicted molar refractivity (Wildman–Crippen MR) is 115 cm³/mol. The Bertz CT molecular complexity index is 1140. The van der Waals surface area contributed by atoms with E-state index in [1.807, 2.05) is 23.6 Å². The van der Waals surface area contributed by atoms with Gasteiger partial charge < -0.3 is 19.5 Å². The average molecular weight is 442 g/mol. The average Bonchev–Trinajstić information content (AvgIpc) is 3.35. The maximum absolute atomic E-state index is 12.4. The molecule has 0 fully saturated rings. The number of β-amino-alcohol motifs (C(OH)–C–C–N with tert-alkyl or cyclic N) is 1. The monoisotopic (exact) mass is 442 g/mol. The second kappa shape index (κ2) is 8.58. The maximum Gasteiger partial charge on any atom is 0.295 e. The summed E-state index contributed by atoms with van der Waals surface area (Å²) in [5.74, 6) is 0.110. The molecule has 1 aliphatic heterocycles. The molecule has 3 N–H and O–H groups in total. The van der Waals surface area contributed by atoms with E-state index in [9.17, 15) is 14.7 Å². The van der Waals surface area contributed by atoms with Gasteiger partial charge in [0.15, 0.2) is 11.0 Å². The van der Waals surface area contributed by atoms with Gasteiger partial charge in [-0.1, -0.05) is 6.07 Å². The number of hydrogen-bond acceptors (Lipinski definition) is 8. The van der Waals surface area contributed by atoms with E-state index in [4.69, 9.17) is 9.52 Å². The van der Waals surface area contributed by atoms with Gasteiger partial charge >= 0.3 is 0 Å². The van der Waals surface area contributed by atoms with Crippen molar-refractivity contribution in [1.82, 2.24) is 9.97 Å². The van der Waals surface area contributed by atoms with Crippen LogP contribution in [0.15, 0.2) is 28.0 Å². The summed E-state index contributed by atoms with van der Waals surface area (Å²) in [4.78, 5) is 34.8. The Morgan fingerprint density at radius 1 is 1.32 bits per heavy atom. The number of aryl methyl sites for hydroxylation is 3. The third-order valence-electron chi connectivity index (χ3n) is 5.01. The minimum atomic E-state index is -0.990. The molecule has 1 atom stereocenters. The molecule has 1 aromatic carbocycles. The van der Waals surface area contributed by atoms with Crippen molar-refractivity contribution in [1.29, 1.82) is 0 Å². The van der Waals surface area contributed by atoms with Crippen LogP contribution in [0, 0.1) is 13.8 Å². The van der Waals surface area contributed by atoms with Crippen molar-refractivity contribution >= 4 is 34.0 Å². The second-order valence-electron chi connectivity index (χ2n) is 7.32. The summed E-state index contributed by atoms with van der Waals surface area (Å²) in [5.41, 5.74) is 3.78. The Morgan fingerprint density at radius 3 is 2.84 bits per heavy atom. The lowest BCUT2D eigenvalue weighted by Gasteiger charge is -2.31. The van der Waals surface area contributed by atoms with Crippen molar-refractivity contribution in [3.8, 4) is 11.3 Å². The molecule has 0 saturated carbocycles. The molecule has 0 aliphatic carbocycles. The number of carbonyl (C=O) groups excluding carboxylic acids is 2. The summed E-state index contributed by atoms with van der Waals surface area (Å²) in [6, 6.07) is 5.63. The van der Waals surface area contributed by atoms with E-state index in [0.29, 0.717) is 35.3 Å². The van der Waals surface area contributed by atoms with Crippen LogP contribution in [0.5, 0.6) is 0 Å². The molecule has 4 rings (SSSR count). The lowest BCUT2D eigenvalue weighted by molar-refractivity contribution is -0.119. The minimum Gasteiger partial charge on any atom is -0.436 e. The van der Waals surface area contributed by atoms with Gasteiger partial charge in [-0.25, -0.2) is 9.97 Å². The zero-order chi connectivity index (χ0) is 22.1. The summed E-state index contributed by atoms with van der Waals surface area (Å²) in [6.45, 7) is 3.03. The van der Waals surface area contributed by atoms with Crippen molar-refractivity contribution in [3.63, 3.8) is 0 Å². The van der Waals surface area contributed by atoms with E-state index in [0.717, 1.165) is 16.8 Å². The molecular formula is C21H22N4O5S. The first-order chi connectivity index (χ1) is 14.9. The van der Waals surface area contributed by atoms with E-state index in [1.165, 1.54) is 16.2 Å². The topological polar surface area (TPSA) is 129 Å². The van der Waals surface area contributed by atoms with Crippen LogP contribution in [0.25, 0.3) is 11.3 Å². The lowest BCUT2D eigenvalue weighted by Crippen LogP contribution is -2.41. The van der Waals surface area contributed by atoms with Gasteiger partial charge in [0.25, 0.3) is 5.91 Å². The van der Waals surface area contributed by atoms with Crippen LogP contribution in [-0.4, -0.2) is 51.3 Å². The zero-order valence-electron chi connectivity index (χ0n) is 17.1. The number of aliphatic hydroxyl groups excluding tert-OH is 2. The fourth-order valence-corrected chi connectivity index (χ4v) is 4.26. The maximum atomic E-state index is 12.4. The van der Waals surface area contributed by atoms with Gasteiger partial charge in [-0.05, 0) is 31.0 Å². The number of benzene rings is 1. The van der Waals surface area contributed by atoms with E-state index < -0.39 is 18.6 Å². The second-order valence-corrected chi connectivity index (χ2v) is 8.18. The third-order valence-corrected chi connectivity index (χ3v) is 5.77. The van der Waals surface area contributed by atoms with Gasteiger partial charge in [0.05, 0.1) is 30.6 Å². The highest BCUT2D eigenvalue weighted by molar-refractivity contribution is 7.14. The number of nitrogens with one attached hydrogen (secondary N) is 1. The molecule has 162 valence electrons. The number of hydrogen-bond donors (Lipinski definition) is 3. The molecule has 2 aromatic heterocycles. The number of anilines is 2. The Hall–Kier alpha value is -3.08. The number of oxazole rings is 1. The Kier molecular flexibility index (Phi) is 5.86. The van der Waals surface area contributed by atoms with Gasteiger partial charge in [0, 0.05) is 30.0 Å². The van der Waals surface area contributed by atoms with Gasteiger partial charge in [-0.2, -0.15) is 0 Å². The zero-order valence-corrected chi connectivity index (χ0v) is 17.9. The molecular weight excluding hydrogens is 420 g/mol. The highest BCUT2D eigenvalue weighted by Gasteiger charge is 2.26. The van der Waals surface area contributed by atoms with Crippen LogP contribution >= 0.6 is 11.3 Å². The first kappa shape index (κ1) is 21.2. The van der Waals surface area contributed by atoms with Crippen LogP contribution in [0.2, 0.25) is 0 Å². The number of nitrogens with zero attached hydrogens (tertiary/aromatic N) is 3. The number of rotatable bonds is 6. The number of amides is 2. The standard InChI is InChI=1S/C21H22N4O5S/c1-11-19(30-12(2)22-11)20(29)24-21-23-16(10-31-21)13-3-5-17-14(7-13)4-6-18(28)25(17)8-15(27)9-26/h3,5,7,10,15,26-27H,4,6,8-9H2,1-2H3,(H,23,24,29). The van der Waals surface area contributed by atoms with Crippen molar-refractivity contribution in [2.45, 2.75) is 32.8 Å². The summed E-state index contributed by atoms with van der Waals surface area (Å²) in [5, 5.41) is 23.9. The van der Waals surface area contributed by atoms with Crippen molar-refractivity contribution in [2.75, 3.05) is 23.4 Å². The van der Waals surface area contributed by atoms with Gasteiger partial charge in [0.1, 0.15) is 0 Å². The smallest absolute Gasteiger partial charge is 0.295 e. The van der Waals surface area contributed by atoms with Gasteiger partial charge in [-0.3, -0.25) is 14.9 Å². The highest BCUT2D eigenvalue weighted by Crippen LogP contribution is 2.33. The summed E-state index contributed by atoms with van der Waals surface area (Å²) in [6.07, 6.45) is -0.0646. The SMILES string of the molecule is Cc1nc(C)c(C(=O)Nc2nc(-c3ccc4c(c3)CCC(=O)N4CC(O)CO)cs2)o1. The molecule has 3 heterocycles. The number of carbonyl (C=O) groups is 2. The molecule has 9 nitrogen and oxygen atoms in total. The van der Waals surface area contributed by atoms with Crippen molar-refractivity contribution in [2.24, 2.45) is 0 Å². The Balaban J connectivity index is 1.54. The van der Waals surface area contributed by atoms with Crippen LogP contribution in [0.3, 0.4) is 0 Å². The van der Waals surface area contributed by atoms with Crippen molar-refractivity contribution < 1.29 is 24.2 Å². The Labute approximate surface area is 182 Å². The minimum absolute atomic E-state index is 0.0507. The van der Waals surface area contributed by atoms with Gasteiger partial charge in [0.2, 0.25) is 11.7 Å². The normalized spacial score (nSPS) is 14.5. The molecule has 1 unspecified atom stereocenters. The van der Waals surface area contributed by atoms with E-state index in [-0.39, 0.29) is 18.2 Å². The molecule has 10 heteroatoms. The van der Waals surface area contributed by atoms with Crippen LogP contribution in [-0.2, 0) is 11.2 Å². The molecule has 31 heavy (non-hydrogen) atoms. The Morgan fingerprint density at radius 2 is 2.13 bits per heavy atom. The van der Waals surface area contributed by atoms with Crippen LogP contribution in [0.1, 0.15) is 34.1 Å². The lowest BCUT2D eigenvalue weighted by atomic mass is 9.97. The summed E-state index contributed by atoms with van der Waals surface area (Å²) >= 11 is 1.30. The van der Waals surface area contributed by atoms with Crippen LogP contribution in [0.4, 0.5) is 10.8 Å². The molecule has 1 aliphatic rings. The first-order valence-electron chi connectivity index (χ1n) is 9.79. The summed E-state index contributed by atoms with van der Waals surface area (Å²) < 4.78 is 5.34. The van der Waals surface area contributed by atoms with Gasteiger partial charge in [-0.15, -0.1) is 11.3 Å². The largest absolute Gasteiger partial charge is 0.436 e. The fraction of sp³-hybridized carbons (Fsp3) is 0.333. The molecule has 0 saturated heterocycles. The fourth-order valence-electron chi connectivity index (χ4n) is 3.55. The van der Waals surface area contributed by atoms with E-state index >= 15 is 0 Å².